The van der Waals surface area contributed by atoms with E-state index in [4.69, 9.17) is 0 Å². The van der Waals surface area contributed by atoms with E-state index < -0.39 is 0 Å². The summed E-state index contributed by atoms with van der Waals surface area (Å²) in [4.78, 5) is 0. The third-order valence-corrected chi connectivity index (χ3v) is 5.78. The third kappa shape index (κ3) is 7.70. The van der Waals surface area contributed by atoms with Crippen LogP contribution in [0.4, 0.5) is 0 Å². The van der Waals surface area contributed by atoms with Crippen LogP contribution in [0.1, 0.15) is 111 Å². The number of hydrogen-bond donors (Lipinski definition) is 0. The minimum atomic E-state index is 0.729. The monoisotopic (exact) mass is 280 g/mol. The van der Waals surface area contributed by atoms with Crippen LogP contribution in [-0.2, 0) is 0 Å². The molecule has 1 rings (SSSR count). The first-order chi connectivity index (χ1) is 9.58. The summed E-state index contributed by atoms with van der Waals surface area (Å²) in [6.07, 6.45) is 19.0. The fourth-order valence-corrected chi connectivity index (χ4v) is 3.50. The molecular formula is C20H40. The molecule has 1 saturated carbocycles. The molecule has 0 aromatic heterocycles. The van der Waals surface area contributed by atoms with Crippen LogP contribution >= 0.6 is 0 Å². The summed E-state index contributed by atoms with van der Waals surface area (Å²) in [6, 6.07) is 0. The SMILES string of the molecule is CCCCCCCCCCCC(C)CC(C)C1(C)CC1. The van der Waals surface area contributed by atoms with Gasteiger partial charge in [-0.25, -0.2) is 0 Å². The Bertz CT molecular complexity index is 226. The molecule has 0 aromatic rings. The lowest BCUT2D eigenvalue weighted by Gasteiger charge is -2.22. The molecule has 0 amide bonds. The van der Waals surface area contributed by atoms with Crippen molar-refractivity contribution in [2.75, 3.05) is 0 Å². The van der Waals surface area contributed by atoms with Gasteiger partial charge >= 0.3 is 0 Å². The van der Waals surface area contributed by atoms with E-state index in [9.17, 15) is 0 Å². The minimum Gasteiger partial charge on any atom is -0.0654 e. The average Bonchev–Trinajstić information content (AvgIpc) is 3.16. The summed E-state index contributed by atoms with van der Waals surface area (Å²) < 4.78 is 0. The van der Waals surface area contributed by atoms with Crippen molar-refractivity contribution < 1.29 is 0 Å². The summed E-state index contributed by atoms with van der Waals surface area (Å²) in [5.74, 6) is 1.91. The quantitative estimate of drug-likeness (QED) is 0.309. The molecular weight excluding hydrogens is 240 g/mol. The summed E-state index contributed by atoms with van der Waals surface area (Å²) in [6.45, 7) is 9.75. The van der Waals surface area contributed by atoms with Gasteiger partial charge in [0.2, 0.25) is 0 Å². The van der Waals surface area contributed by atoms with Gasteiger partial charge in [-0.1, -0.05) is 91.9 Å². The van der Waals surface area contributed by atoms with E-state index in [2.05, 4.69) is 27.7 Å². The Kier molecular flexibility index (Phi) is 8.89. The highest BCUT2D eigenvalue weighted by molar-refractivity contribution is 4.92. The van der Waals surface area contributed by atoms with Crippen molar-refractivity contribution in [2.24, 2.45) is 17.3 Å². The fraction of sp³-hybridized carbons (Fsp3) is 1.00. The minimum absolute atomic E-state index is 0.729. The van der Waals surface area contributed by atoms with Crippen LogP contribution in [0.2, 0.25) is 0 Å². The Morgan fingerprint density at radius 3 is 1.80 bits per heavy atom. The maximum absolute atomic E-state index is 2.49. The first-order valence-corrected chi connectivity index (χ1v) is 9.58. The van der Waals surface area contributed by atoms with Gasteiger partial charge in [0.15, 0.2) is 0 Å². The molecule has 2 unspecified atom stereocenters. The number of hydrogen-bond acceptors (Lipinski definition) is 0. The zero-order valence-electron chi connectivity index (χ0n) is 14.8. The predicted octanol–water partition coefficient (Wildman–Crippen LogP) is 7.37. The van der Waals surface area contributed by atoms with E-state index in [1.54, 1.807) is 0 Å². The normalized spacial score (nSPS) is 19.8. The van der Waals surface area contributed by atoms with Crippen molar-refractivity contribution in [1.82, 2.24) is 0 Å². The summed E-state index contributed by atoms with van der Waals surface area (Å²) >= 11 is 0. The van der Waals surface area contributed by atoms with E-state index in [0.29, 0.717) is 0 Å². The standard InChI is InChI=1S/C20H40/c1-5-6-7-8-9-10-11-12-13-14-18(2)17-19(3)20(4)15-16-20/h18-19H,5-17H2,1-4H3. The van der Waals surface area contributed by atoms with Crippen molar-refractivity contribution in [2.45, 2.75) is 111 Å². The van der Waals surface area contributed by atoms with Crippen LogP contribution in [0.5, 0.6) is 0 Å². The molecule has 2 atom stereocenters. The summed E-state index contributed by atoms with van der Waals surface area (Å²) in [5, 5.41) is 0. The molecule has 0 aromatic carbocycles. The second kappa shape index (κ2) is 9.85. The molecule has 120 valence electrons. The topological polar surface area (TPSA) is 0 Å². The second-order valence-corrected chi connectivity index (χ2v) is 8.01. The van der Waals surface area contributed by atoms with E-state index in [0.717, 1.165) is 17.3 Å². The first-order valence-electron chi connectivity index (χ1n) is 9.58. The molecule has 0 aliphatic heterocycles. The van der Waals surface area contributed by atoms with Gasteiger partial charge in [0.1, 0.15) is 0 Å². The molecule has 20 heavy (non-hydrogen) atoms. The van der Waals surface area contributed by atoms with Gasteiger partial charge in [0.05, 0.1) is 0 Å². The molecule has 0 N–H and O–H groups in total. The third-order valence-electron chi connectivity index (χ3n) is 5.78. The van der Waals surface area contributed by atoms with Crippen LogP contribution < -0.4 is 0 Å². The Balaban J connectivity index is 1.85. The second-order valence-electron chi connectivity index (χ2n) is 8.01. The van der Waals surface area contributed by atoms with E-state index in [1.165, 1.54) is 83.5 Å². The highest BCUT2D eigenvalue weighted by atomic mass is 14.5. The molecule has 0 nitrogen and oxygen atoms in total. The average molecular weight is 281 g/mol. The highest BCUT2D eigenvalue weighted by Crippen LogP contribution is 2.53. The van der Waals surface area contributed by atoms with Crippen molar-refractivity contribution in [1.29, 1.82) is 0 Å². The van der Waals surface area contributed by atoms with Gasteiger partial charge in [-0.05, 0) is 36.5 Å². The molecule has 1 aliphatic carbocycles. The molecule has 1 aliphatic rings. The molecule has 0 heteroatoms. The summed E-state index contributed by atoms with van der Waals surface area (Å²) in [7, 11) is 0. The van der Waals surface area contributed by atoms with Gasteiger partial charge in [0.25, 0.3) is 0 Å². The van der Waals surface area contributed by atoms with Crippen molar-refractivity contribution >= 4 is 0 Å². The zero-order valence-corrected chi connectivity index (χ0v) is 14.8. The number of unbranched alkanes of at least 4 members (excludes halogenated alkanes) is 8. The van der Waals surface area contributed by atoms with Gasteiger partial charge in [-0.15, -0.1) is 0 Å². The lowest BCUT2D eigenvalue weighted by Crippen LogP contribution is -2.12. The van der Waals surface area contributed by atoms with E-state index in [-0.39, 0.29) is 0 Å². The summed E-state index contributed by atoms with van der Waals surface area (Å²) in [5.41, 5.74) is 0.729. The Morgan fingerprint density at radius 2 is 1.30 bits per heavy atom. The van der Waals surface area contributed by atoms with E-state index in [1.807, 2.05) is 0 Å². The number of rotatable bonds is 13. The highest BCUT2D eigenvalue weighted by Gasteiger charge is 2.42. The molecule has 0 radical (unpaired) electrons. The zero-order chi connectivity index (χ0) is 14.8. The predicted molar refractivity (Wildman–Crippen MR) is 92.1 cm³/mol. The van der Waals surface area contributed by atoms with Gasteiger partial charge in [0, 0.05) is 0 Å². The Labute approximate surface area is 129 Å². The van der Waals surface area contributed by atoms with Crippen LogP contribution in [-0.4, -0.2) is 0 Å². The van der Waals surface area contributed by atoms with Crippen molar-refractivity contribution in [3.05, 3.63) is 0 Å². The molecule has 1 fully saturated rings. The Hall–Kier alpha value is 0. The smallest absolute Gasteiger partial charge is 0.0300 e. The van der Waals surface area contributed by atoms with Crippen molar-refractivity contribution in [3.63, 3.8) is 0 Å². The first kappa shape index (κ1) is 18.1. The fourth-order valence-electron chi connectivity index (χ4n) is 3.50. The molecule has 0 bridgehead atoms. The van der Waals surface area contributed by atoms with Crippen LogP contribution in [0, 0.1) is 17.3 Å². The maximum Gasteiger partial charge on any atom is -0.0300 e. The van der Waals surface area contributed by atoms with Crippen molar-refractivity contribution in [3.8, 4) is 0 Å². The van der Waals surface area contributed by atoms with Crippen LogP contribution in [0.25, 0.3) is 0 Å². The largest absolute Gasteiger partial charge is 0.0654 e. The molecule has 0 saturated heterocycles. The van der Waals surface area contributed by atoms with Crippen LogP contribution in [0.15, 0.2) is 0 Å². The Morgan fingerprint density at radius 1 is 0.800 bits per heavy atom. The lowest BCUT2D eigenvalue weighted by molar-refractivity contribution is 0.283. The molecule has 0 heterocycles. The maximum atomic E-state index is 2.49. The van der Waals surface area contributed by atoms with Gasteiger partial charge in [-0.3, -0.25) is 0 Å². The van der Waals surface area contributed by atoms with E-state index >= 15 is 0 Å². The van der Waals surface area contributed by atoms with Gasteiger partial charge < -0.3 is 0 Å². The molecule has 0 spiro atoms. The van der Waals surface area contributed by atoms with Crippen LogP contribution in [0.3, 0.4) is 0 Å². The van der Waals surface area contributed by atoms with Gasteiger partial charge in [-0.2, -0.15) is 0 Å². The lowest BCUT2D eigenvalue weighted by atomic mass is 9.83.